The van der Waals surface area contributed by atoms with Crippen LogP contribution in [0.5, 0.6) is 5.88 Å². The molecule has 1 aliphatic heterocycles. The Morgan fingerprint density at radius 2 is 1.94 bits per heavy atom. The molecule has 6 nitrogen and oxygen atoms in total. The maximum Gasteiger partial charge on any atom is 0.347 e. The summed E-state index contributed by atoms with van der Waals surface area (Å²) in [6.07, 6.45) is 5.91. The topological polar surface area (TPSA) is 64.5 Å². The van der Waals surface area contributed by atoms with Gasteiger partial charge in [-0.1, -0.05) is 0 Å². The van der Waals surface area contributed by atoms with Gasteiger partial charge in [0, 0.05) is 13.1 Å². The third kappa shape index (κ3) is 2.37. The highest BCUT2D eigenvalue weighted by atomic mass is 16.5. The summed E-state index contributed by atoms with van der Waals surface area (Å²) in [6, 6.07) is 0. The Morgan fingerprint density at radius 1 is 1.22 bits per heavy atom. The summed E-state index contributed by atoms with van der Waals surface area (Å²) in [6.45, 7) is 1.75. The molecule has 1 radical (unpaired) electrons. The third-order valence-corrected chi connectivity index (χ3v) is 2.98. The average molecular weight is 250 g/mol. The molecular weight excluding hydrogens is 234 g/mol. The van der Waals surface area contributed by atoms with Gasteiger partial charge in [0.1, 0.15) is 0 Å². The molecule has 6 heteroatoms. The second-order valence-electron chi connectivity index (χ2n) is 4.07. The molecule has 0 unspecified atom stereocenters. The largest absolute Gasteiger partial charge is 0.480 e. The summed E-state index contributed by atoms with van der Waals surface area (Å²) in [5, 5.41) is 0. The van der Waals surface area contributed by atoms with E-state index in [1.54, 1.807) is 0 Å². The van der Waals surface area contributed by atoms with Crippen molar-refractivity contribution in [3.8, 4) is 5.88 Å². The predicted octanol–water partition coefficient (Wildman–Crippen LogP) is 1.06. The minimum Gasteiger partial charge on any atom is -0.480 e. The normalized spacial score (nSPS) is 15.3. The molecule has 2 rings (SSSR count). The summed E-state index contributed by atoms with van der Waals surface area (Å²) in [7, 11) is 2.79. The Hall–Kier alpha value is -1.85. The summed E-state index contributed by atoms with van der Waals surface area (Å²) in [5.41, 5.74) is 0.278. The van der Waals surface area contributed by atoms with Crippen molar-refractivity contribution in [3.63, 3.8) is 0 Å². The van der Waals surface area contributed by atoms with Gasteiger partial charge in [-0.15, -0.1) is 0 Å². The van der Waals surface area contributed by atoms with Gasteiger partial charge in [-0.25, -0.2) is 9.78 Å². The molecule has 0 aromatic carbocycles. The molecule has 1 saturated heterocycles. The van der Waals surface area contributed by atoms with Crippen molar-refractivity contribution in [1.82, 2.24) is 9.97 Å². The maximum atomic E-state index is 11.8. The van der Waals surface area contributed by atoms with Gasteiger partial charge in [-0.05, 0) is 19.3 Å². The van der Waals surface area contributed by atoms with Gasteiger partial charge in [-0.2, -0.15) is 4.98 Å². The zero-order valence-electron chi connectivity index (χ0n) is 10.6. The first-order valence-corrected chi connectivity index (χ1v) is 5.93. The lowest BCUT2D eigenvalue weighted by atomic mass is 10.1. The second kappa shape index (κ2) is 5.66. The van der Waals surface area contributed by atoms with Gasteiger partial charge in [-0.3, -0.25) is 0 Å². The van der Waals surface area contributed by atoms with Crippen LogP contribution in [0.25, 0.3) is 0 Å². The van der Waals surface area contributed by atoms with Gasteiger partial charge in [0.25, 0.3) is 0 Å². The van der Waals surface area contributed by atoms with Crippen LogP contribution in [0.1, 0.15) is 29.6 Å². The van der Waals surface area contributed by atoms with E-state index < -0.39 is 5.97 Å². The van der Waals surface area contributed by atoms with E-state index in [9.17, 15) is 4.79 Å². The first-order valence-electron chi connectivity index (χ1n) is 5.93. The number of anilines is 1. The van der Waals surface area contributed by atoms with Crippen molar-refractivity contribution >= 4 is 11.8 Å². The molecule has 1 aromatic heterocycles. The Kier molecular flexibility index (Phi) is 3.96. The Balaban J connectivity index is 2.41. The number of carbonyl (C=O) groups excluding carboxylic acids is 1. The van der Waals surface area contributed by atoms with Crippen LogP contribution in [0.3, 0.4) is 0 Å². The highest BCUT2D eigenvalue weighted by Crippen LogP contribution is 2.27. The molecule has 0 saturated carbocycles. The molecule has 0 bridgehead atoms. The molecule has 1 aromatic rings. The van der Waals surface area contributed by atoms with Crippen molar-refractivity contribution in [3.05, 3.63) is 11.9 Å². The number of hydrogen-bond acceptors (Lipinski definition) is 6. The zero-order valence-corrected chi connectivity index (χ0v) is 10.6. The van der Waals surface area contributed by atoms with Gasteiger partial charge >= 0.3 is 5.97 Å². The van der Waals surface area contributed by atoms with Crippen LogP contribution < -0.4 is 9.64 Å². The smallest absolute Gasteiger partial charge is 0.347 e. The number of rotatable bonds is 3. The van der Waals surface area contributed by atoms with E-state index in [2.05, 4.69) is 21.2 Å². The molecule has 0 N–H and O–H groups in total. The van der Waals surface area contributed by atoms with E-state index in [0.717, 1.165) is 25.9 Å². The minimum atomic E-state index is -0.485. The van der Waals surface area contributed by atoms with E-state index in [4.69, 9.17) is 9.47 Å². The fourth-order valence-corrected chi connectivity index (χ4v) is 2.09. The van der Waals surface area contributed by atoms with E-state index in [0.29, 0.717) is 5.82 Å². The van der Waals surface area contributed by atoms with Crippen LogP contribution >= 0.6 is 0 Å². The van der Waals surface area contributed by atoms with Crippen molar-refractivity contribution in [2.24, 2.45) is 0 Å². The summed E-state index contributed by atoms with van der Waals surface area (Å²) in [5.74, 6) is 0.271. The highest BCUT2D eigenvalue weighted by molar-refractivity contribution is 5.97. The van der Waals surface area contributed by atoms with E-state index in [-0.39, 0.29) is 11.4 Å². The van der Waals surface area contributed by atoms with E-state index >= 15 is 0 Å². The SMILES string of the molecule is COC(=O)c1c(OC)n[c]nc1N1CCCCC1. The van der Waals surface area contributed by atoms with Crippen LogP contribution in [-0.4, -0.2) is 43.2 Å². The van der Waals surface area contributed by atoms with Crippen molar-refractivity contribution in [1.29, 1.82) is 0 Å². The Morgan fingerprint density at radius 3 is 2.56 bits per heavy atom. The molecule has 2 heterocycles. The fourth-order valence-electron chi connectivity index (χ4n) is 2.09. The quantitative estimate of drug-likeness (QED) is 0.747. The Labute approximate surface area is 106 Å². The van der Waals surface area contributed by atoms with E-state index in [1.807, 2.05) is 0 Å². The number of methoxy groups -OCH3 is 2. The number of hydrogen-bond donors (Lipinski definition) is 0. The second-order valence-corrected chi connectivity index (χ2v) is 4.07. The van der Waals surface area contributed by atoms with Crippen LogP contribution in [0.4, 0.5) is 5.82 Å². The molecule has 1 fully saturated rings. The highest BCUT2D eigenvalue weighted by Gasteiger charge is 2.25. The number of aromatic nitrogens is 2. The molecular formula is C12H16N3O3. The summed E-state index contributed by atoms with van der Waals surface area (Å²) >= 11 is 0. The zero-order chi connectivity index (χ0) is 13.0. The van der Waals surface area contributed by atoms with Gasteiger partial charge in [0.2, 0.25) is 12.2 Å². The predicted molar refractivity (Wildman–Crippen MR) is 64.8 cm³/mol. The maximum absolute atomic E-state index is 11.8. The van der Waals surface area contributed by atoms with Gasteiger partial charge < -0.3 is 14.4 Å². The van der Waals surface area contributed by atoms with Gasteiger partial charge in [0.05, 0.1) is 14.2 Å². The monoisotopic (exact) mass is 250 g/mol. The van der Waals surface area contributed by atoms with Crippen molar-refractivity contribution in [2.45, 2.75) is 19.3 Å². The Bertz CT molecular complexity index is 431. The average Bonchev–Trinajstić information content (AvgIpc) is 2.46. The van der Waals surface area contributed by atoms with Crippen LogP contribution in [0.15, 0.2) is 0 Å². The number of ether oxygens (including phenoxy) is 2. The minimum absolute atomic E-state index is 0.206. The number of nitrogens with zero attached hydrogens (tertiary/aromatic N) is 3. The molecule has 0 amide bonds. The standard InChI is InChI=1S/C12H16N3O3/c1-17-11-9(12(16)18-2)10(13-8-14-11)15-6-4-3-5-7-15/h3-7H2,1-2H3. The lowest BCUT2D eigenvalue weighted by Crippen LogP contribution is -2.32. The third-order valence-electron chi connectivity index (χ3n) is 2.98. The lowest BCUT2D eigenvalue weighted by Gasteiger charge is -2.28. The van der Waals surface area contributed by atoms with Crippen LogP contribution in [-0.2, 0) is 4.74 Å². The van der Waals surface area contributed by atoms with Gasteiger partial charge in [0.15, 0.2) is 11.4 Å². The number of esters is 1. The number of piperidine rings is 1. The summed E-state index contributed by atoms with van der Waals surface area (Å²) in [4.78, 5) is 21.8. The molecule has 0 spiro atoms. The van der Waals surface area contributed by atoms with Crippen LogP contribution in [0.2, 0.25) is 0 Å². The first kappa shape index (κ1) is 12.6. The first-order chi connectivity index (χ1) is 8.77. The van der Waals surface area contributed by atoms with Crippen LogP contribution in [0, 0.1) is 6.33 Å². The molecule has 0 aliphatic carbocycles. The lowest BCUT2D eigenvalue weighted by molar-refractivity contribution is 0.0596. The molecule has 97 valence electrons. The van der Waals surface area contributed by atoms with Crippen molar-refractivity contribution < 1.29 is 14.3 Å². The summed E-state index contributed by atoms with van der Waals surface area (Å²) < 4.78 is 9.86. The number of carbonyl (C=O) groups is 1. The molecule has 1 aliphatic rings. The van der Waals surface area contributed by atoms with Crippen molar-refractivity contribution in [2.75, 3.05) is 32.2 Å². The molecule has 0 atom stereocenters. The van der Waals surface area contributed by atoms with E-state index in [1.165, 1.54) is 20.6 Å². The molecule has 18 heavy (non-hydrogen) atoms. The fraction of sp³-hybridized carbons (Fsp3) is 0.583.